The smallest absolute Gasteiger partial charge is 0.317 e. The minimum absolute atomic E-state index is 0.126. The lowest BCUT2D eigenvalue weighted by atomic mass is 9.66. The number of hydrogen-bond donors (Lipinski definition) is 2. The molecule has 1 aliphatic heterocycles. The summed E-state index contributed by atoms with van der Waals surface area (Å²) in [4.78, 5) is 31.9. The van der Waals surface area contributed by atoms with E-state index in [0.29, 0.717) is 25.2 Å². The summed E-state index contributed by atoms with van der Waals surface area (Å²) < 4.78 is 27.6. The zero-order chi connectivity index (χ0) is 24.7. The number of urea groups is 1. The van der Waals surface area contributed by atoms with E-state index in [2.05, 4.69) is 10.3 Å². The van der Waals surface area contributed by atoms with E-state index in [1.807, 2.05) is 30.3 Å². The molecule has 3 aliphatic rings. The Kier molecular flexibility index (Phi) is 6.15. The molecule has 3 fully saturated rings. The lowest BCUT2D eigenvalue weighted by Crippen LogP contribution is -2.63. The molecule has 2 N–H and O–H groups in total. The van der Waals surface area contributed by atoms with Crippen molar-refractivity contribution < 1.29 is 18.7 Å². The fourth-order valence-corrected chi connectivity index (χ4v) is 6.14. The van der Waals surface area contributed by atoms with Crippen molar-refractivity contribution in [2.75, 3.05) is 19.6 Å². The van der Waals surface area contributed by atoms with Crippen LogP contribution in [0.4, 0.5) is 13.6 Å². The van der Waals surface area contributed by atoms with Gasteiger partial charge in [-0.1, -0.05) is 43.2 Å². The van der Waals surface area contributed by atoms with Crippen molar-refractivity contribution in [1.82, 2.24) is 19.8 Å². The maximum Gasteiger partial charge on any atom is 0.317 e. The van der Waals surface area contributed by atoms with Gasteiger partial charge >= 0.3 is 6.03 Å². The molecule has 2 heterocycles. The van der Waals surface area contributed by atoms with Gasteiger partial charge in [0.25, 0.3) is 5.56 Å². The Morgan fingerprint density at radius 3 is 2.51 bits per heavy atom. The molecule has 1 atom stereocenters. The predicted molar refractivity (Wildman–Crippen MR) is 127 cm³/mol. The van der Waals surface area contributed by atoms with E-state index in [-0.39, 0.29) is 43.4 Å². The van der Waals surface area contributed by atoms with Gasteiger partial charge in [0, 0.05) is 49.5 Å². The maximum absolute atomic E-state index is 13.1. The van der Waals surface area contributed by atoms with Crippen LogP contribution in [0.2, 0.25) is 0 Å². The van der Waals surface area contributed by atoms with Crippen molar-refractivity contribution in [1.29, 1.82) is 0 Å². The van der Waals surface area contributed by atoms with Crippen molar-refractivity contribution >= 4 is 6.03 Å². The minimum atomic E-state index is -2.60. The number of aliphatic hydroxyl groups is 1. The highest BCUT2D eigenvalue weighted by Gasteiger charge is 2.55. The number of rotatable bonds is 5. The summed E-state index contributed by atoms with van der Waals surface area (Å²) in [6.07, 6.45) is 4.93. The molecule has 1 unspecified atom stereocenters. The van der Waals surface area contributed by atoms with Gasteiger partial charge in [0.1, 0.15) is 0 Å². The van der Waals surface area contributed by atoms with E-state index in [1.54, 1.807) is 4.90 Å². The zero-order valence-electron chi connectivity index (χ0n) is 19.8. The van der Waals surface area contributed by atoms with E-state index in [0.717, 1.165) is 31.2 Å². The van der Waals surface area contributed by atoms with Gasteiger partial charge in [-0.3, -0.25) is 9.36 Å². The number of carbonyl (C=O) groups is 1. The second kappa shape index (κ2) is 9.00. The van der Waals surface area contributed by atoms with Crippen LogP contribution >= 0.6 is 0 Å². The molecule has 1 saturated heterocycles. The molecule has 1 aromatic carbocycles. The molecular formula is C26H32F2N4O3. The van der Waals surface area contributed by atoms with Gasteiger partial charge in [-0.2, -0.15) is 0 Å². The first-order valence-electron chi connectivity index (χ1n) is 12.4. The first-order chi connectivity index (χ1) is 16.7. The highest BCUT2D eigenvalue weighted by Crippen LogP contribution is 2.51. The molecular weight excluding hydrogens is 454 g/mol. The van der Waals surface area contributed by atoms with Crippen LogP contribution in [0.25, 0.3) is 11.3 Å². The van der Waals surface area contributed by atoms with Gasteiger partial charge in [-0.05, 0) is 25.2 Å². The molecule has 1 aromatic heterocycles. The molecule has 7 nitrogen and oxygen atoms in total. The number of nitrogens with zero attached hydrogens (tertiary/aromatic N) is 3. The second-order valence-electron chi connectivity index (χ2n) is 10.6. The summed E-state index contributed by atoms with van der Waals surface area (Å²) in [5, 5.41) is 14.7. The number of likely N-dealkylation sites (tertiary alicyclic amines) is 1. The number of benzene rings is 1. The average molecular weight is 487 g/mol. The molecule has 35 heavy (non-hydrogen) atoms. The van der Waals surface area contributed by atoms with Gasteiger partial charge in [0.2, 0.25) is 5.92 Å². The molecule has 2 saturated carbocycles. The number of piperidine rings is 1. The third-order valence-corrected chi connectivity index (χ3v) is 8.22. The standard InChI is InChI=1S/C26H32F2N4O3/c27-26(28)13-19(14-26)15-29-23(34)31-11-10-25(35,24(16-31)8-4-5-9-24)17-32-18-30-21(12-22(32)33)20-6-2-1-3-7-20/h1-3,6-7,12,18-19,35H,4-5,8-11,13-17H2,(H,29,34). The van der Waals surface area contributed by atoms with E-state index >= 15 is 0 Å². The van der Waals surface area contributed by atoms with Crippen molar-refractivity contribution in [3.63, 3.8) is 0 Å². The Bertz CT molecular complexity index is 1120. The summed E-state index contributed by atoms with van der Waals surface area (Å²) in [5.74, 6) is -2.79. The Labute approximate surface area is 203 Å². The van der Waals surface area contributed by atoms with Crippen LogP contribution in [0.3, 0.4) is 0 Å². The van der Waals surface area contributed by atoms with Gasteiger partial charge in [-0.25, -0.2) is 18.6 Å². The summed E-state index contributed by atoms with van der Waals surface area (Å²) in [6, 6.07) is 10.7. The highest BCUT2D eigenvalue weighted by molar-refractivity contribution is 5.74. The number of alkyl halides is 2. The van der Waals surface area contributed by atoms with Crippen LogP contribution in [-0.4, -0.2) is 56.7 Å². The summed E-state index contributed by atoms with van der Waals surface area (Å²) in [7, 11) is 0. The fraction of sp³-hybridized carbons (Fsp3) is 0.577. The van der Waals surface area contributed by atoms with Gasteiger partial charge in [0.05, 0.1) is 24.2 Å². The van der Waals surface area contributed by atoms with Crippen LogP contribution in [0.1, 0.15) is 44.9 Å². The van der Waals surface area contributed by atoms with Crippen molar-refractivity contribution in [2.24, 2.45) is 11.3 Å². The largest absolute Gasteiger partial charge is 0.387 e. The molecule has 0 bridgehead atoms. The lowest BCUT2D eigenvalue weighted by Gasteiger charge is -2.52. The van der Waals surface area contributed by atoms with Crippen molar-refractivity contribution in [2.45, 2.75) is 63.0 Å². The van der Waals surface area contributed by atoms with Gasteiger partial charge < -0.3 is 15.3 Å². The van der Waals surface area contributed by atoms with Crippen LogP contribution in [0.15, 0.2) is 47.5 Å². The van der Waals surface area contributed by atoms with Gasteiger partial charge in [-0.15, -0.1) is 0 Å². The predicted octanol–water partition coefficient (Wildman–Crippen LogP) is 3.66. The first kappa shape index (κ1) is 23.9. The van der Waals surface area contributed by atoms with Crippen LogP contribution < -0.4 is 10.9 Å². The van der Waals surface area contributed by atoms with Crippen LogP contribution in [0.5, 0.6) is 0 Å². The van der Waals surface area contributed by atoms with E-state index < -0.39 is 16.9 Å². The average Bonchev–Trinajstić information content (AvgIpc) is 3.30. The molecule has 2 amide bonds. The van der Waals surface area contributed by atoms with E-state index in [4.69, 9.17) is 0 Å². The maximum atomic E-state index is 13.1. The Morgan fingerprint density at radius 1 is 1.14 bits per heavy atom. The monoisotopic (exact) mass is 486 g/mol. The van der Waals surface area contributed by atoms with Gasteiger partial charge in [0.15, 0.2) is 0 Å². The Hall–Kier alpha value is -2.81. The van der Waals surface area contributed by atoms with Crippen LogP contribution in [0, 0.1) is 11.3 Å². The molecule has 0 radical (unpaired) electrons. The summed E-state index contributed by atoms with van der Waals surface area (Å²) in [5.41, 5.74) is -0.435. The van der Waals surface area contributed by atoms with Crippen molar-refractivity contribution in [3.8, 4) is 11.3 Å². The summed E-state index contributed by atoms with van der Waals surface area (Å²) in [6.45, 7) is 1.10. The van der Waals surface area contributed by atoms with Crippen LogP contribution in [-0.2, 0) is 6.54 Å². The van der Waals surface area contributed by atoms with E-state index in [9.17, 15) is 23.5 Å². The molecule has 2 aromatic rings. The number of aromatic nitrogens is 2. The summed E-state index contributed by atoms with van der Waals surface area (Å²) >= 11 is 0. The second-order valence-corrected chi connectivity index (χ2v) is 10.6. The zero-order valence-corrected chi connectivity index (χ0v) is 19.8. The normalized spacial score (nSPS) is 25.4. The molecule has 9 heteroatoms. The Morgan fingerprint density at radius 2 is 1.86 bits per heavy atom. The number of hydrogen-bond acceptors (Lipinski definition) is 4. The number of amides is 2. The van der Waals surface area contributed by atoms with E-state index in [1.165, 1.54) is 17.0 Å². The SMILES string of the molecule is O=C(NCC1CC(F)(F)C1)N1CCC(O)(Cn2cnc(-c3ccccc3)cc2=O)C2(CCCC2)C1. The molecule has 188 valence electrons. The Balaban J connectivity index is 1.28. The lowest BCUT2D eigenvalue weighted by molar-refractivity contribution is -0.135. The third kappa shape index (κ3) is 4.70. The quantitative estimate of drug-likeness (QED) is 0.675. The minimum Gasteiger partial charge on any atom is -0.387 e. The number of halogens is 2. The fourth-order valence-electron chi connectivity index (χ4n) is 6.14. The number of nitrogens with one attached hydrogen (secondary N) is 1. The van der Waals surface area contributed by atoms with Crippen molar-refractivity contribution in [3.05, 3.63) is 53.1 Å². The molecule has 2 aliphatic carbocycles. The molecule has 5 rings (SSSR count). The highest BCUT2D eigenvalue weighted by atomic mass is 19.3. The molecule has 1 spiro atoms. The topological polar surface area (TPSA) is 87.5 Å². The first-order valence-corrected chi connectivity index (χ1v) is 12.4. The third-order valence-electron chi connectivity index (χ3n) is 8.22. The number of carbonyl (C=O) groups excluding carboxylic acids is 1.